The highest BCUT2D eigenvalue weighted by Crippen LogP contribution is 2.18. The highest BCUT2D eigenvalue weighted by molar-refractivity contribution is 6.30. The van der Waals surface area contributed by atoms with Crippen LogP contribution < -0.4 is 10.1 Å². The first-order valence-electron chi connectivity index (χ1n) is 6.54. The fraction of sp³-hybridized carbons (Fsp3) is 0.571. The Morgan fingerprint density at radius 2 is 1.94 bits per heavy atom. The Hall–Kier alpha value is -0.770. The molecule has 100 valence electrons. The number of hydrogen-bond acceptors (Lipinski definition) is 3. The van der Waals surface area contributed by atoms with E-state index in [1.165, 1.54) is 25.7 Å². The van der Waals surface area contributed by atoms with Gasteiger partial charge in [0, 0.05) is 17.6 Å². The minimum Gasteiger partial charge on any atom is -0.491 e. The Labute approximate surface area is 113 Å². The number of halogens is 1. The summed E-state index contributed by atoms with van der Waals surface area (Å²) in [6, 6.07) is 7.74. The molecule has 1 atom stereocenters. The van der Waals surface area contributed by atoms with E-state index in [0.29, 0.717) is 24.2 Å². The van der Waals surface area contributed by atoms with Crippen molar-refractivity contribution < 1.29 is 9.84 Å². The fourth-order valence-electron chi connectivity index (χ4n) is 2.21. The van der Waals surface area contributed by atoms with Crippen LogP contribution in [-0.2, 0) is 0 Å². The first-order chi connectivity index (χ1) is 8.74. The predicted molar refractivity (Wildman–Crippen MR) is 73.2 cm³/mol. The summed E-state index contributed by atoms with van der Waals surface area (Å²) < 4.78 is 5.49. The van der Waals surface area contributed by atoms with Gasteiger partial charge in [0.1, 0.15) is 18.5 Å². The van der Waals surface area contributed by atoms with Crippen LogP contribution in [0, 0.1) is 0 Å². The van der Waals surface area contributed by atoms with E-state index in [9.17, 15) is 5.11 Å². The van der Waals surface area contributed by atoms with Gasteiger partial charge >= 0.3 is 0 Å². The molecule has 2 rings (SSSR count). The molecule has 0 heterocycles. The van der Waals surface area contributed by atoms with Gasteiger partial charge in [0.25, 0.3) is 0 Å². The molecule has 1 saturated carbocycles. The third kappa shape index (κ3) is 4.48. The second kappa shape index (κ2) is 6.98. The molecule has 2 N–H and O–H groups in total. The highest BCUT2D eigenvalue weighted by Gasteiger charge is 2.15. The largest absolute Gasteiger partial charge is 0.491 e. The summed E-state index contributed by atoms with van der Waals surface area (Å²) >= 11 is 5.78. The Bertz CT molecular complexity index is 349. The van der Waals surface area contributed by atoms with Gasteiger partial charge in [-0.25, -0.2) is 0 Å². The van der Waals surface area contributed by atoms with Crippen LogP contribution in [0.3, 0.4) is 0 Å². The van der Waals surface area contributed by atoms with E-state index in [0.717, 1.165) is 5.75 Å². The Balaban J connectivity index is 1.64. The smallest absolute Gasteiger partial charge is 0.119 e. The third-order valence-electron chi connectivity index (χ3n) is 3.25. The third-order valence-corrected chi connectivity index (χ3v) is 3.51. The first kappa shape index (κ1) is 13.7. The number of ether oxygens (including phenoxy) is 1. The molecule has 4 heteroatoms. The molecule has 1 aromatic carbocycles. The Morgan fingerprint density at radius 1 is 1.28 bits per heavy atom. The molecule has 1 aromatic rings. The summed E-state index contributed by atoms with van der Waals surface area (Å²) in [6.45, 7) is 0.902. The molecule has 0 aliphatic heterocycles. The lowest BCUT2D eigenvalue weighted by Gasteiger charge is -2.16. The van der Waals surface area contributed by atoms with Crippen molar-refractivity contribution in [2.75, 3.05) is 13.2 Å². The number of benzene rings is 1. The van der Waals surface area contributed by atoms with E-state index < -0.39 is 6.10 Å². The van der Waals surface area contributed by atoms with Gasteiger partial charge in [-0.05, 0) is 37.1 Å². The van der Waals surface area contributed by atoms with Crippen LogP contribution in [0.4, 0.5) is 0 Å². The van der Waals surface area contributed by atoms with Crippen molar-refractivity contribution in [1.82, 2.24) is 5.32 Å². The Morgan fingerprint density at radius 3 is 2.61 bits per heavy atom. The van der Waals surface area contributed by atoms with Crippen LogP contribution in [0.2, 0.25) is 5.02 Å². The minimum atomic E-state index is -0.471. The number of aliphatic hydroxyl groups is 1. The lowest BCUT2D eigenvalue weighted by Crippen LogP contribution is -2.36. The van der Waals surface area contributed by atoms with E-state index in [1.807, 2.05) is 0 Å². The van der Waals surface area contributed by atoms with Gasteiger partial charge in [0.05, 0.1) is 0 Å². The van der Waals surface area contributed by atoms with E-state index in [4.69, 9.17) is 16.3 Å². The predicted octanol–water partition coefficient (Wildman–Crippen LogP) is 2.61. The molecule has 0 saturated heterocycles. The molecule has 0 aromatic heterocycles. The molecule has 3 nitrogen and oxygen atoms in total. The first-order valence-corrected chi connectivity index (χ1v) is 6.91. The van der Waals surface area contributed by atoms with E-state index >= 15 is 0 Å². The maximum absolute atomic E-state index is 9.81. The van der Waals surface area contributed by atoms with Gasteiger partial charge in [0.2, 0.25) is 0 Å². The Kier molecular flexibility index (Phi) is 5.29. The quantitative estimate of drug-likeness (QED) is 0.834. The van der Waals surface area contributed by atoms with Crippen LogP contribution in [-0.4, -0.2) is 30.4 Å². The second-order valence-corrected chi connectivity index (χ2v) is 5.24. The van der Waals surface area contributed by atoms with Crippen molar-refractivity contribution in [3.63, 3.8) is 0 Å². The van der Waals surface area contributed by atoms with Crippen molar-refractivity contribution in [1.29, 1.82) is 0 Å². The van der Waals surface area contributed by atoms with E-state index in [2.05, 4.69) is 5.32 Å². The molecular formula is C14H20ClNO2. The van der Waals surface area contributed by atoms with Gasteiger partial charge in [0.15, 0.2) is 0 Å². The van der Waals surface area contributed by atoms with E-state index in [-0.39, 0.29) is 0 Å². The van der Waals surface area contributed by atoms with Crippen molar-refractivity contribution in [3.05, 3.63) is 29.3 Å². The van der Waals surface area contributed by atoms with Crippen LogP contribution in [0.25, 0.3) is 0 Å². The molecule has 0 amide bonds. The molecule has 1 aliphatic carbocycles. The van der Waals surface area contributed by atoms with Gasteiger partial charge in [-0.1, -0.05) is 24.4 Å². The van der Waals surface area contributed by atoms with Gasteiger partial charge in [-0.3, -0.25) is 0 Å². The van der Waals surface area contributed by atoms with Crippen LogP contribution >= 0.6 is 11.6 Å². The molecule has 0 bridgehead atoms. The van der Waals surface area contributed by atoms with Gasteiger partial charge in [-0.15, -0.1) is 0 Å². The summed E-state index contributed by atoms with van der Waals surface area (Å²) in [5.41, 5.74) is 0. The highest BCUT2D eigenvalue weighted by atomic mass is 35.5. The zero-order valence-electron chi connectivity index (χ0n) is 10.4. The summed E-state index contributed by atoms with van der Waals surface area (Å²) in [7, 11) is 0. The molecule has 0 spiro atoms. The normalized spacial score (nSPS) is 17.9. The number of aliphatic hydroxyl groups excluding tert-OH is 1. The zero-order valence-corrected chi connectivity index (χ0v) is 11.2. The molecule has 0 radical (unpaired) electrons. The van der Waals surface area contributed by atoms with Gasteiger partial charge < -0.3 is 15.2 Å². The minimum absolute atomic E-state index is 0.307. The maximum Gasteiger partial charge on any atom is 0.119 e. The number of rotatable bonds is 6. The topological polar surface area (TPSA) is 41.5 Å². The zero-order chi connectivity index (χ0) is 12.8. The standard InChI is InChI=1S/C14H20ClNO2/c15-11-5-7-14(8-6-11)18-10-13(17)9-16-12-3-1-2-4-12/h5-8,12-13,16-17H,1-4,9-10H2/t13-/m0/s1. The second-order valence-electron chi connectivity index (χ2n) is 4.81. The van der Waals surface area contributed by atoms with Crippen molar-refractivity contribution in [2.24, 2.45) is 0 Å². The summed E-state index contributed by atoms with van der Waals surface area (Å²) in [6.07, 6.45) is 4.58. The SMILES string of the molecule is O[C@@H](CNC1CCCC1)COc1ccc(Cl)cc1. The monoisotopic (exact) mass is 269 g/mol. The summed E-state index contributed by atoms with van der Waals surface area (Å²) in [4.78, 5) is 0. The maximum atomic E-state index is 9.81. The van der Waals surface area contributed by atoms with Gasteiger partial charge in [-0.2, -0.15) is 0 Å². The lowest BCUT2D eigenvalue weighted by atomic mass is 10.2. The van der Waals surface area contributed by atoms with Crippen LogP contribution in [0.5, 0.6) is 5.75 Å². The van der Waals surface area contributed by atoms with Crippen molar-refractivity contribution in [2.45, 2.75) is 37.8 Å². The average molecular weight is 270 g/mol. The molecule has 0 unspecified atom stereocenters. The summed E-state index contributed by atoms with van der Waals surface area (Å²) in [5.74, 6) is 0.735. The summed E-state index contributed by atoms with van der Waals surface area (Å²) in [5, 5.41) is 13.9. The molecule has 1 fully saturated rings. The number of hydrogen-bond donors (Lipinski definition) is 2. The van der Waals surface area contributed by atoms with Crippen molar-refractivity contribution >= 4 is 11.6 Å². The molecule has 18 heavy (non-hydrogen) atoms. The molecular weight excluding hydrogens is 250 g/mol. The van der Waals surface area contributed by atoms with Crippen LogP contribution in [0.1, 0.15) is 25.7 Å². The average Bonchev–Trinajstić information content (AvgIpc) is 2.89. The number of nitrogens with one attached hydrogen (secondary N) is 1. The van der Waals surface area contributed by atoms with Crippen LogP contribution in [0.15, 0.2) is 24.3 Å². The molecule has 1 aliphatic rings. The van der Waals surface area contributed by atoms with E-state index in [1.54, 1.807) is 24.3 Å². The van der Waals surface area contributed by atoms with Crippen molar-refractivity contribution in [3.8, 4) is 5.75 Å². The lowest BCUT2D eigenvalue weighted by molar-refractivity contribution is 0.104. The fourth-order valence-corrected chi connectivity index (χ4v) is 2.34.